The minimum Gasteiger partial charge on any atom is -0.484 e. The van der Waals surface area contributed by atoms with Crippen LogP contribution in [0.15, 0.2) is 158 Å². The van der Waals surface area contributed by atoms with E-state index in [0.29, 0.717) is 17.5 Å². The van der Waals surface area contributed by atoms with Crippen molar-refractivity contribution < 1.29 is 4.74 Å². The van der Waals surface area contributed by atoms with E-state index in [9.17, 15) is 0 Å². The summed E-state index contributed by atoms with van der Waals surface area (Å²) in [4.78, 5) is 15.2. The van der Waals surface area contributed by atoms with Gasteiger partial charge in [-0.25, -0.2) is 15.0 Å². The molecule has 3 aliphatic rings. The van der Waals surface area contributed by atoms with Crippen LogP contribution in [-0.4, -0.2) is 21.1 Å². The lowest BCUT2D eigenvalue weighted by Crippen LogP contribution is -2.19. The quantitative estimate of drug-likeness (QED) is 0.185. The maximum atomic E-state index is 6.82. The first-order chi connectivity index (χ1) is 25.3. The molecule has 2 heterocycles. The topological polar surface area (TPSA) is 47.9 Å². The Morgan fingerprint density at radius 1 is 0.569 bits per heavy atom. The molecule has 0 saturated heterocycles. The van der Waals surface area contributed by atoms with Gasteiger partial charge in [0.1, 0.15) is 11.9 Å². The van der Waals surface area contributed by atoms with Gasteiger partial charge in [0, 0.05) is 27.6 Å². The molecule has 51 heavy (non-hydrogen) atoms. The predicted octanol–water partition coefficient (Wildman–Crippen LogP) is 11.2. The minimum atomic E-state index is -0.107. The van der Waals surface area contributed by atoms with Crippen molar-refractivity contribution in [2.45, 2.75) is 24.9 Å². The van der Waals surface area contributed by atoms with Crippen LogP contribution in [0.5, 0.6) is 5.75 Å². The Balaban J connectivity index is 1.10. The normalized spacial score (nSPS) is 17.0. The number of rotatable bonds is 5. The number of hydrogen-bond acceptors (Lipinski definition) is 4. The fraction of sp³-hybridized carbons (Fsp3) is 0.0851. The molecule has 4 heteroatoms. The molecular weight excluding hydrogens is 623 g/mol. The van der Waals surface area contributed by atoms with Gasteiger partial charge in [-0.3, -0.25) is 0 Å². The first-order valence-corrected chi connectivity index (χ1v) is 17.7. The van der Waals surface area contributed by atoms with Crippen LogP contribution in [-0.2, 0) is 6.42 Å². The summed E-state index contributed by atoms with van der Waals surface area (Å²) in [6, 6.07) is 46.8. The fourth-order valence-corrected chi connectivity index (χ4v) is 7.96. The van der Waals surface area contributed by atoms with Crippen molar-refractivity contribution in [3.63, 3.8) is 0 Å². The molecule has 242 valence electrons. The third-order valence-electron chi connectivity index (χ3n) is 10.4. The summed E-state index contributed by atoms with van der Waals surface area (Å²) in [6.45, 7) is 0. The van der Waals surface area contributed by atoms with Crippen LogP contribution in [0, 0.1) is 0 Å². The van der Waals surface area contributed by atoms with Gasteiger partial charge in [-0.2, -0.15) is 0 Å². The third-order valence-corrected chi connectivity index (χ3v) is 10.4. The highest BCUT2D eigenvalue weighted by atomic mass is 16.5. The van der Waals surface area contributed by atoms with E-state index in [1.807, 2.05) is 60.7 Å². The molecule has 1 aromatic heterocycles. The Morgan fingerprint density at radius 3 is 1.98 bits per heavy atom. The number of hydrogen-bond donors (Lipinski definition) is 0. The molecule has 2 unspecified atom stereocenters. The second-order valence-corrected chi connectivity index (χ2v) is 13.4. The maximum Gasteiger partial charge on any atom is 0.164 e. The van der Waals surface area contributed by atoms with Gasteiger partial charge in [0.15, 0.2) is 17.5 Å². The highest BCUT2D eigenvalue weighted by molar-refractivity contribution is 6.02. The molecule has 10 rings (SSSR count). The van der Waals surface area contributed by atoms with Crippen LogP contribution in [0.25, 0.3) is 67.7 Å². The predicted molar refractivity (Wildman–Crippen MR) is 207 cm³/mol. The molecule has 2 aliphatic carbocycles. The Bertz CT molecular complexity index is 2490. The molecule has 2 atom stereocenters. The van der Waals surface area contributed by atoms with E-state index in [-0.39, 0.29) is 12.0 Å². The maximum absolute atomic E-state index is 6.82. The average molecular weight is 656 g/mol. The van der Waals surface area contributed by atoms with E-state index in [2.05, 4.69) is 103 Å². The van der Waals surface area contributed by atoms with Crippen molar-refractivity contribution in [2.75, 3.05) is 0 Å². The molecule has 1 aliphatic heterocycles. The Morgan fingerprint density at radius 2 is 1.24 bits per heavy atom. The van der Waals surface area contributed by atoms with Gasteiger partial charge in [0.05, 0.1) is 5.92 Å². The smallest absolute Gasteiger partial charge is 0.164 e. The molecule has 0 N–H and O–H groups in total. The lowest BCUT2D eigenvalue weighted by molar-refractivity contribution is 0.274. The minimum absolute atomic E-state index is 0.0258. The van der Waals surface area contributed by atoms with Crippen LogP contribution in [0.3, 0.4) is 0 Å². The summed E-state index contributed by atoms with van der Waals surface area (Å²) in [6.07, 6.45) is 13.2. The summed E-state index contributed by atoms with van der Waals surface area (Å²) >= 11 is 0. The van der Waals surface area contributed by atoms with Gasteiger partial charge in [-0.05, 0) is 63.8 Å². The van der Waals surface area contributed by atoms with Gasteiger partial charge < -0.3 is 4.74 Å². The Hall–Kier alpha value is -6.39. The van der Waals surface area contributed by atoms with Crippen molar-refractivity contribution in [3.05, 3.63) is 180 Å². The van der Waals surface area contributed by atoms with Crippen molar-refractivity contribution in [1.82, 2.24) is 15.0 Å². The first kappa shape index (κ1) is 29.5. The number of allylic oxidation sites excluding steroid dienone is 3. The first-order valence-electron chi connectivity index (χ1n) is 17.7. The third kappa shape index (κ3) is 5.11. The highest BCUT2D eigenvalue weighted by Gasteiger charge is 2.39. The molecule has 0 bridgehead atoms. The summed E-state index contributed by atoms with van der Waals surface area (Å²) in [5, 5.41) is 2.12. The number of fused-ring (bicyclic) bond motifs is 6. The Kier molecular flexibility index (Phi) is 7.05. The molecule has 0 radical (unpaired) electrons. The van der Waals surface area contributed by atoms with Crippen LogP contribution in [0.2, 0.25) is 0 Å². The van der Waals surface area contributed by atoms with E-state index >= 15 is 0 Å². The van der Waals surface area contributed by atoms with E-state index < -0.39 is 0 Å². The fourth-order valence-electron chi connectivity index (χ4n) is 7.96. The standard InChI is InChI=1S/C47H33N3O/c1-3-14-33(15-4-1)45-48-46(34-16-5-2-6-17-34)50-47(49-45)40-29-41-43-37(23-12-24-42(43)51-44(41)39-21-10-9-20-38(39)40)32-27-25-31(26-28-32)36-22-11-18-30-13-7-8-19-35(30)36/h1-7,9-18,20-29,42-43H,8,19H2. The molecule has 0 amide bonds. The van der Waals surface area contributed by atoms with Gasteiger partial charge in [0.2, 0.25) is 0 Å². The number of ether oxygens (including phenoxy) is 1. The second kappa shape index (κ2) is 12.2. The largest absolute Gasteiger partial charge is 0.484 e. The molecule has 6 aromatic carbocycles. The van der Waals surface area contributed by atoms with Gasteiger partial charge in [-0.15, -0.1) is 0 Å². The zero-order chi connectivity index (χ0) is 33.7. The second-order valence-electron chi connectivity index (χ2n) is 13.4. The van der Waals surface area contributed by atoms with Crippen molar-refractivity contribution >= 4 is 22.4 Å². The van der Waals surface area contributed by atoms with E-state index in [0.717, 1.165) is 51.6 Å². The van der Waals surface area contributed by atoms with Crippen molar-refractivity contribution in [2.24, 2.45) is 0 Å². The average Bonchev–Trinajstić information content (AvgIpc) is 3.60. The van der Waals surface area contributed by atoms with Crippen LogP contribution in [0.1, 0.15) is 34.6 Å². The molecule has 0 spiro atoms. The number of benzene rings is 6. The Labute approximate surface area is 297 Å². The lowest BCUT2D eigenvalue weighted by atomic mass is 9.80. The summed E-state index contributed by atoms with van der Waals surface area (Å²) in [7, 11) is 0. The van der Waals surface area contributed by atoms with Crippen molar-refractivity contribution in [3.8, 4) is 51.0 Å². The lowest BCUT2D eigenvalue weighted by Gasteiger charge is -2.23. The zero-order valence-electron chi connectivity index (χ0n) is 27.9. The summed E-state index contributed by atoms with van der Waals surface area (Å²) in [5.74, 6) is 2.90. The van der Waals surface area contributed by atoms with E-state index in [1.54, 1.807) is 0 Å². The van der Waals surface area contributed by atoms with Crippen molar-refractivity contribution in [1.29, 1.82) is 0 Å². The molecule has 0 fully saturated rings. The monoisotopic (exact) mass is 655 g/mol. The number of aromatic nitrogens is 3. The van der Waals surface area contributed by atoms with Gasteiger partial charge in [0.25, 0.3) is 0 Å². The molecular formula is C47H33N3O. The van der Waals surface area contributed by atoms with E-state index in [4.69, 9.17) is 19.7 Å². The SMILES string of the molecule is C1=CC2Oc3c(cc(-c4nc(-c5ccccc5)nc(-c5ccccc5)n4)c4ccccc34)C2C(c2ccc(-c3cccc4c3CCC=C4)cc2)=C1. The van der Waals surface area contributed by atoms with Gasteiger partial charge in [-0.1, -0.05) is 152 Å². The highest BCUT2D eigenvalue weighted by Crippen LogP contribution is 2.52. The summed E-state index contributed by atoms with van der Waals surface area (Å²) in [5.41, 5.74) is 11.8. The molecule has 0 saturated carbocycles. The molecule has 4 nitrogen and oxygen atoms in total. The van der Waals surface area contributed by atoms with Crippen LogP contribution < -0.4 is 4.74 Å². The number of nitrogens with zero attached hydrogens (tertiary/aromatic N) is 3. The van der Waals surface area contributed by atoms with Crippen LogP contribution >= 0.6 is 0 Å². The van der Waals surface area contributed by atoms with Gasteiger partial charge >= 0.3 is 0 Å². The zero-order valence-corrected chi connectivity index (χ0v) is 27.9. The summed E-state index contributed by atoms with van der Waals surface area (Å²) < 4.78 is 6.82. The van der Waals surface area contributed by atoms with E-state index in [1.165, 1.54) is 33.4 Å². The molecule has 7 aromatic rings. The van der Waals surface area contributed by atoms with Crippen LogP contribution in [0.4, 0.5) is 0 Å².